The topological polar surface area (TPSA) is 116 Å². The number of carbonyl (C=O) groups is 2. The van der Waals surface area contributed by atoms with E-state index in [1.165, 1.54) is 26.4 Å². The van der Waals surface area contributed by atoms with Crippen LogP contribution in [0.1, 0.15) is 15.9 Å². The van der Waals surface area contributed by atoms with Crippen LogP contribution < -0.4 is 15.6 Å². The molecule has 1 N–H and O–H groups in total. The summed E-state index contributed by atoms with van der Waals surface area (Å²) in [7, 11) is 4.10. The third-order valence-electron chi connectivity index (χ3n) is 7.09. The van der Waals surface area contributed by atoms with Gasteiger partial charge in [0, 0.05) is 55.1 Å². The first-order valence-corrected chi connectivity index (χ1v) is 13.8. The van der Waals surface area contributed by atoms with Crippen molar-refractivity contribution in [2.24, 2.45) is 7.05 Å². The van der Waals surface area contributed by atoms with Crippen LogP contribution in [0.2, 0.25) is 10.0 Å². The molecular formula is C30H26Cl2FN5O5. The highest BCUT2D eigenvalue weighted by Gasteiger charge is 2.51. The Morgan fingerprint density at radius 3 is 2.37 bits per heavy atom. The highest BCUT2D eigenvalue weighted by molar-refractivity contribution is 6.39. The van der Waals surface area contributed by atoms with E-state index >= 15 is 0 Å². The molecule has 1 saturated heterocycles. The van der Waals surface area contributed by atoms with Crippen LogP contribution in [-0.4, -0.2) is 64.5 Å². The minimum absolute atomic E-state index is 0.0796. The summed E-state index contributed by atoms with van der Waals surface area (Å²) in [6, 6.07) is 15.4. The molecule has 2 aromatic carbocycles. The summed E-state index contributed by atoms with van der Waals surface area (Å²) in [5.74, 6) is -1.18. The number of methoxy groups -OCH3 is 2. The SMILES string of the molecule is COC(=O)C1(F)CN(Cc2ccc(-c3cccc(-c4cccc(NC(=O)c5ccnn(C)c5=O)c4Cl)c3Cl)nc2OC)C1. The minimum Gasteiger partial charge on any atom is -0.481 e. The number of nitrogens with zero attached hydrogens (tertiary/aromatic N) is 4. The first-order valence-electron chi connectivity index (χ1n) is 13.0. The normalized spacial score (nSPS) is 14.1. The van der Waals surface area contributed by atoms with Crippen LogP contribution in [0.3, 0.4) is 0 Å². The fraction of sp³-hybridized carbons (Fsp3) is 0.233. The third-order valence-corrected chi connectivity index (χ3v) is 7.90. The first-order chi connectivity index (χ1) is 20.6. The summed E-state index contributed by atoms with van der Waals surface area (Å²) < 4.78 is 25.7. The Hall–Kier alpha value is -4.32. The van der Waals surface area contributed by atoms with Gasteiger partial charge < -0.3 is 14.8 Å². The number of benzene rings is 2. The molecule has 0 saturated carbocycles. The van der Waals surface area contributed by atoms with Crippen LogP contribution in [0, 0.1) is 0 Å². The smallest absolute Gasteiger partial charge is 0.346 e. The van der Waals surface area contributed by atoms with Crippen molar-refractivity contribution in [2.75, 3.05) is 32.6 Å². The number of alkyl halides is 1. The van der Waals surface area contributed by atoms with Crippen molar-refractivity contribution in [3.63, 3.8) is 0 Å². The lowest BCUT2D eigenvalue weighted by Gasteiger charge is -2.42. The number of aryl methyl sites for hydroxylation is 1. The van der Waals surface area contributed by atoms with Crippen molar-refractivity contribution in [1.82, 2.24) is 19.7 Å². The zero-order chi connectivity index (χ0) is 30.9. The maximum Gasteiger partial charge on any atom is 0.346 e. The van der Waals surface area contributed by atoms with Gasteiger partial charge in [-0.15, -0.1) is 0 Å². The zero-order valence-electron chi connectivity index (χ0n) is 23.4. The number of esters is 1. The van der Waals surface area contributed by atoms with E-state index < -0.39 is 23.1 Å². The predicted molar refractivity (Wildman–Crippen MR) is 160 cm³/mol. The molecule has 13 heteroatoms. The van der Waals surface area contributed by atoms with Crippen LogP contribution in [0.5, 0.6) is 5.88 Å². The number of hydrogen-bond acceptors (Lipinski definition) is 8. The summed E-state index contributed by atoms with van der Waals surface area (Å²) in [4.78, 5) is 43.2. The van der Waals surface area contributed by atoms with Crippen LogP contribution in [0.25, 0.3) is 22.4 Å². The fourth-order valence-corrected chi connectivity index (χ4v) is 5.49. The zero-order valence-corrected chi connectivity index (χ0v) is 24.9. The standard InChI is InChI=1S/C30H26Cl2FN5O5/c1-37-28(40)21(12-13-34-37)26(39)35-23-9-5-7-19(25(23)32)18-6-4-8-20(24(18)31)22-11-10-17(27(36-22)42-2)14-38-15-30(33,16-38)29(41)43-3/h4-13H,14-16H2,1-3H3,(H,35,39). The van der Waals surface area contributed by atoms with Crippen LogP contribution in [0.4, 0.5) is 10.1 Å². The number of carbonyl (C=O) groups excluding carboxylic acids is 2. The summed E-state index contributed by atoms with van der Waals surface area (Å²) in [5.41, 5.74) is 0.642. The second kappa shape index (κ2) is 12.1. The number of anilines is 1. The van der Waals surface area contributed by atoms with Gasteiger partial charge in [0.15, 0.2) is 0 Å². The van der Waals surface area contributed by atoms with E-state index in [4.69, 9.17) is 27.9 Å². The van der Waals surface area contributed by atoms with Crippen molar-refractivity contribution >= 4 is 40.8 Å². The molecule has 5 rings (SSSR count). The van der Waals surface area contributed by atoms with E-state index in [1.54, 1.807) is 47.4 Å². The maximum atomic E-state index is 14.5. The number of halogens is 3. The average molecular weight is 626 g/mol. The molecule has 0 bridgehead atoms. The van der Waals surface area contributed by atoms with Gasteiger partial charge >= 0.3 is 5.97 Å². The van der Waals surface area contributed by atoms with E-state index in [1.807, 2.05) is 6.07 Å². The quantitative estimate of drug-likeness (QED) is 0.278. The summed E-state index contributed by atoms with van der Waals surface area (Å²) in [5, 5.41) is 7.12. The van der Waals surface area contributed by atoms with Gasteiger partial charge in [0.05, 0.1) is 35.6 Å². The lowest BCUT2D eigenvalue weighted by molar-refractivity contribution is -0.168. The van der Waals surface area contributed by atoms with Gasteiger partial charge in [-0.25, -0.2) is 18.9 Å². The van der Waals surface area contributed by atoms with Crippen LogP contribution in [-0.2, 0) is 23.1 Å². The number of nitrogens with one attached hydrogen (secondary N) is 1. The molecule has 2 aromatic heterocycles. The number of aromatic nitrogens is 3. The molecule has 3 heterocycles. The molecule has 0 aliphatic carbocycles. The first kappa shape index (κ1) is 30.1. The van der Waals surface area contributed by atoms with Crippen molar-refractivity contribution < 1.29 is 23.5 Å². The van der Waals surface area contributed by atoms with Gasteiger partial charge in [-0.3, -0.25) is 14.5 Å². The monoisotopic (exact) mass is 625 g/mol. The molecule has 0 unspecified atom stereocenters. The Kier molecular flexibility index (Phi) is 8.50. The minimum atomic E-state index is -2.01. The lowest BCUT2D eigenvalue weighted by atomic mass is 9.95. The highest BCUT2D eigenvalue weighted by Crippen LogP contribution is 2.41. The molecule has 1 fully saturated rings. The summed E-state index contributed by atoms with van der Waals surface area (Å²) in [6.07, 6.45) is 1.36. The molecule has 0 spiro atoms. The number of rotatable bonds is 8. The number of amides is 1. The third kappa shape index (κ3) is 5.83. The molecule has 0 atom stereocenters. The maximum absolute atomic E-state index is 14.5. The van der Waals surface area contributed by atoms with E-state index in [0.717, 1.165) is 11.8 Å². The predicted octanol–water partition coefficient (Wildman–Crippen LogP) is 4.77. The Morgan fingerprint density at radius 2 is 1.67 bits per heavy atom. The second-order valence-electron chi connectivity index (χ2n) is 9.93. The molecule has 10 nitrogen and oxygen atoms in total. The molecule has 1 aliphatic rings. The Bertz CT molecular complexity index is 1790. The molecule has 43 heavy (non-hydrogen) atoms. The van der Waals surface area contributed by atoms with Gasteiger partial charge in [0.25, 0.3) is 11.5 Å². The summed E-state index contributed by atoms with van der Waals surface area (Å²) in [6.45, 7) is 0.155. The molecule has 1 aliphatic heterocycles. The van der Waals surface area contributed by atoms with Gasteiger partial charge in [0.1, 0.15) is 5.56 Å². The fourth-order valence-electron chi connectivity index (χ4n) is 4.89. The van der Waals surface area contributed by atoms with E-state index in [-0.39, 0.29) is 23.7 Å². The van der Waals surface area contributed by atoms with E-state index in [0.29, 0.717) is 51.1 Å². The Morgan fingerprint density at radius 1 is 1.00 bits per heavy atom. The lowest BCUT2D eigenvalue weighted by Crippen LogP contribution is -2.63. The second-order valence-corrected chi connectivity index (χ2v) is 10.7. The number of hydrogen-bond donors (Lipinski definition) is 1. The van der Waals surface area contributed by atoms with Gasteiger partial charge in [-0.1, -0.05) is 59.6 Å². The van der Waals surface area contributed by atoms with E-state index in [9.17, 15) is 18.8 Å². The molecule has 4 aromatic rings. The largest absolute Gasteiger partial charge is 0.481 e. The molecule has 222 valence electrons. The van der Waals surface area contributed by atoms with Crippen molar-refractivity contribution in [2.45, 2.75) is 12.2 Å². The average Bonchev–Trinajstić information content (AvgIpc) is 2.98. The van der Waals surface area contributed by atoms with Crippen LogP contribution in [0.15, 0.2) is 65.6 Å². The Labute approximate surface area is 256 Å². The highest BCUT2D eigenvalue weighted by atomic mass is 35.5. The summed E-state index contributed by atoms with van der Waals surface area (Å²) >= 11 is 13.6. The Balaban J connectivity index is 1.40. The molecule has 0 radical (unpaired) electrons. The molecule has 1 amide bonds. The van der Waals surface area contributed by atoms with Gasteiger partial charge in [-0.05, 0) is 18.2 Å². The van der Waals surface area contributed by atoms with Crippen molar-refractivity contribution in [1.29, 1.82) is 0 Å². The van der Waals surface area contributed by atoms with Crippen LogP contribution >= 0.6 is 23.2 Å². The van der Waals surface area contributed by atoms with Crippen molar-refractivity contribution in [3.8, 4) is 28.3 Å². The van der Waals surface area contributed by atoms with Gasteiger partial charge in [-0.2, -0.15) is 5.10 Å². The van der Waals surface area contributed by atoms with Crippen molar-refractivity contribution in [3.05, 3.63) is 92.3 Å². The number of pyridine rings is 1. The number of ether oxygens (including phenoxy) is 2. The van der Waals surface area contributed by atoms with Gasteiger partial charge in [0.2, 0.25) is 11.5 Å². The van der Waals surface area contributed by atoms with E-state index in [2.05, 4.69) is 20.1 Å². The number of likely N-dealkylation sites (tertiary alicyclic amines) is 1. The molecular weight excluding hydrogens is 600 g/mol.